The number of aliphatic hydroxyl groups excluding tert-OH is 3. The van der Waals surface area contributed by atoms with Crippen LogP contribution in [-0.2, 0) is 9.47 Å². The van der Waals surface area contributed by atoms with Gasteiger partial charge in [0.25, 0.3) is 0 Å². The molecular weight excluding hydrogens is 202 g/mol. The maximum absolute atomic E-state index is 9.50. The van der Waals surface area contributed by atoms with Crippen LogP contribution < -0.4 is 0 Å². The predicted octanol–water partition coefficient (Wildman–Crippen LogP) is -2.00. The molecule has 1 aliphatic heterocycles. The quantitative estimate of drug-likeness (QED) is 0.509. The van der Waals surface area contributed by atoms with Crippen LogP contribution in [0.3, 0.4) is 0 Å². The van der Waals surface area contributed by atoms with Gasteiger partial charge in [-0.05, 0) is 14.1 Å². The predicted molar refractivity (Wildman–Crippen MR) is 52.3 cm³/mol. The van der Waals surface area contributed by atoms with E-state index < -0.39 is 24.6 Å². The second-order valence-corrected chi connectivity index (χ2v) is 3.92. The van der Waals surface area contributed by atoms with Crippen LogP contribution >= 0.6 is 0 Å². The molecule has 90 valence electrons. The first-order valence-electron chi connectivity index (χ1n) is 4.94. The van der Waals surface area contributed by atoms with E-state index in [1.165, 1.54) is 0 Å². The third-order valence-electron chi connectivity index (χ3n) is 2.27. The topological polar surface area (TPSA) is 82.4 Å². The number of hydrogen-bond donors (Lipinski definition) is 3. The van der Waals surface area contributed by atoms with Crippen LogP contribution in [0.1, 0.15) is 0 Å². The Balaban J connectivity index is 2.30. The number of hydrogen-bond acceptors (Lipinski definition) is 6. The summed E-state index contributed by atoms with van der Waals surface area (Å²) in [5.41, 5.74) is 0. The highest BCUT2D eigenvalue weighted by Crippen LogP contribution is 2.16. The zero-order valence-electron chi connectivity index (χ0n) is 9.04. The zero-order chi connectivity index (χ0) is 11.4. The summed E-state index contributed by atoms with van der Waals surface area (Å²) in [6.07, 6.45) is -4.31. The summed E-state index contributed by atoms with van der Waals surface area (Å²) >= 11 is 0. The molecule has 6 nitrogen and oxygen atoms in total. The molecule has 1 fully saturated rings. The van der Waals surface area contributed by atoms with Crippen molar-refractivity contribution in [1.82, 2.24) is 4.90 Å². The van der Waals surface area contributed by atoms with Crippen LogP contribution in [0, 0.1) is 0 Å². The first kappa shape index (κ1) is 12.8. The van der Waals surface area contributed by atoms with E-state index in [0.717, 1.165) is 0 Å². The number of rotatable bonds is 4. The molecular formula is C9H19NO5. The Morgan fingerprint density at radius 1 is 1.27 bits per heavy atom. The van der Waals surface area contributed by atoms with Gasteiger partial charge < -0.3 is 29.7 Å². The summed E-state index contributed by atoms with van der Waals surface area (Å²) < 4.78 is 10.3. The fourth-order valence-corrected chi connectivity index (χ4v) is 1.28. The lowest BCUT2D eigenvalue weighted by Crippen LogP contribution is -2.54. The minimum atomic E-state index is -1.21. The molecule has 1 heterocycles. The standard InChI is InChI=1S/C9H19NO5/c1-10(2)3-4-14-9-8(13)7(12)6(11)5-15-9/h6-9,11-13H,3-5H2,1-2H3. The van der Waals surface area contributed by atoms with Crippen molar-refractivity contribution < 1.29 is 24.8 Å². The van der Waals surface area contributed by atoms with Crippen LogP contribution in [0.4, 0.5) is 0 Å². The van der Waals surface area contributed by atoms with Gasteiger partial charge in [0.15, 0.2) is 6.29 Å². The lowest BCUT2D eigenvalue weighted by molar-refractivity contribution is -0.270. The van der Waals surface area contributed by atoms with E-state index in [1.807, 2.05) is 19.0 Å². The van der Waals surface area contributed by atoms with Crippen LogP contribution in [0.2, 0.25) is 0 Å². The van der Waals surface area contributed by atoms with E-state index in [0.29, 0.717) is 13.2 Å². The summed E-state index contributed by atoms with van der Waals surface area (Å²) in [5, 5.41) is 28.0. The second kappa shape index (κ2) is 5.74. The van der Waals surface area contributed by atoms with E-state index >= 15 is 0 Å². The highest BCUT2D eigenvalue weighted by molar-refractivity contribution is 4.82. The molecule has 0 amide bonds. The van der Waals surface area contributed by atoms with Crippen molar-refractivity contribution in [2.75, 3.05) is 33.9 Å². The van der Waals surface area contributed by atoms with Crippen molar-refractivity contribution in [3.05, 3.63) is 0 Å². The minimum absolute atomic E-state index is 0.0230. The molecule has 0 bridgehead atoms. The Morgan fingerprint density at radius 3 is 2.53 bits per heavy atom. The molecule has 0 aliphatic carbocycles. The molecule has 4 unspecified atom stereocenters. The molecule has 0 aromatic rings. The van der Waals surface area contributed by atoms with Gasteiger partial charge in [-0.25, -0.2) is 0 Å². The lowest BCUT2D eigenvalue weighted by Gasteiger charge is -2.35. The molecule has 1 saturated heterocycles. The van der Waals surface area contributed by atoms with Gasteiger partial charge in [-0.1, -0.05) is 0 Å². The summed E-state index contributed by atoms with van der Waals surface area (Å²) in [7, 11) is 3.81. The van der Waals surface area contributed by atoms with Crippen LogP contribution in [0.5, 0.6) is 0 Å². The normalized spacial score (nSPS) is 37.2. The fourth-order valence-electron chi connectivity index (χ4n) is 1.28. The Morgan fingerprint density at radius 2 is 1.93 bits per heavy atom. The Labute approximate surface area is 89.0 Å². The highest BCUT2D eigenvalue weighted by atomic mass is 16.7. The first-order chi connectivity index (χ1) is 7.02. The zero-order valence-corrected chi connectivity index (χ0v) is 9.04. The third kappa shape index (κ3) is 3.67. The molecule has 3 N–H and O–H groups in total. The van der Waals surface area contributed by atoms with Crippen LogP contribution in [0.15, 0.2) is 0 Å². The molecule has 0 radical (unpaired) electrons. The second-order valence-electron chi connectivity index (χ2n) is 3.92. The van der Waals surface area contributed by atoms with E-state index in [-0.39, 0.29) is 6.61 Å². The molecule has 0 spiro atoms. The number of nitrogens with zero attached hydrogens (tertiary/aromatic N) is 1. The number of ether oxygens (including phenoxy) is 2. The van der Waals surface area contributed by atoms with Crippen molar-refractivity contribution >= 4 is 0 Å². The Kier molecular flexibility index (Phi) is 4.91. The van der Waals surface area contributed by atoms with Crippen LogP contribution in [-0.4, -0.2) is 78.7 Å². The molecule has 4 atom stereocenters. The summed E-state index contributed by atoms with van der Waals surface area (Å²) in [6, 6.07) is 0. The molecule has 0 aromatic carbocycles. The molecule has 0 aromatic heterocycles. The van der Waals surface area contributed by atoms with E-state index in [2.05, 4.69) is 0 Å². The van der Waals surface area contributed by atoms with Crippen LogP contribution in [0.25, 0.3) is 0 Å². The van der Waals surface area contributed by atoms with E-state index in [9.17, 15) is 15.3 Å². The maximum atomic E-state index is 9.50. The van der Waals surface area contributed by atoms with Gasteiger partial charge in [0.2, 0.25) is 0 Å². The molecule has 6 heteroatoms. The van der Waals surface area contributed by atoms with E-state index in [1.54, 1.807) is 0 Å². The third-order valence-corrected chi connectivity index (χ3v) is 2.27. The molecule has 0 saturated carbocycles. The Hall–Kier alpha value is -0.240. The fraction of sp³-hybridized carbons (Fsp3) is 1.00. The smallest absolute Gasteiger partial charge is 0.186 e. The van der Waals surface area contributed by atoms with Crippen molar-refractivity contribution in [2.24, 2.45) is 0 Å². The van der Waals surface area contributed by atoms with Gasteiger partial charge >= 0.3 is 0 Å². The molecule has 1 aliphatic rings. The van der Waals surface area contributed by atoms with Gasteiger partial charge in [-0.15, -0.1) is 0 Å². The van der Waals surface area contributed by atoms with E-state index in [4.69, 9.17) is 9.47 Å². The summed E-state index contributed by atoms with van der Waals surface area (Å²) in [4.78, 5) is 1.93. The van der Waals surface area contributed by atoms with Gasteiger partial charge in [0.05, 0.1) is 13.2 Å². The van der Waals surface area contributed by atoms with Gasteiger partial charge in [-0.3, -0.25) is 0 Å². The van der Waals surface area contributed by atoms with Crippen molar-refractivity contribution in [3.8, 4) is 0 Å². The SMILES string of the molecule is CN(C)CCOC1OCC(O)C(O)C1O. The molecule has 1 rings (SSSR count). The average Bonchev–Trinajstić information content (AvgIpc) is 2.18. The summed E-state index contributed by atoms with van der Waals surface area (Å²) in [6.45, 7) is 1.08. The largest absolute Gasteiger partial charge is 0.388 e. The highest BCUT2D eigenvalue weighted by Gasteiger charge is 2.37. The first-order valence-corrected chi connectivity index (χ1v) is 4.94. The van der Waals surface area contributed by atoms with Gasteiger partial charge in [0, 0.05) is 6.54 Å². The number of likely N-dealkylation sites (N-methyl/N-ethyl adjacent to an activating group) is 1. The van der Waals surface area contributed by atoms with Gasteiger partial charge in [-0.2, -0.15) is 0 Å². The van der Waals surface area contributed by atoms with Crippen molar-refractivity contribution in [1.29, 1.82) is 0 Å². The van der Waals surface area contributed by atoms with Crippen molar-refractivity contribution in [2.45, 2.75) is 24.6 Å². The number of aliphatic hydroxyl groups is 3. The average molecular weight is 221 g/mol. The van der Waals surface area contributed by atoms with Gasteiger partial charge in [0.1, 0.15) is 18.3 Å². The molecule has 15 heavy (non-hydrogen) atoms. The Bertz CT molecular complexity index is 189. The monoisotopic (exact) mass is 221 g/mol. The maximum Gasteiger partial charge on any atom is 0.186 e. The lowest BCUT2D eigenvalue weighted by atomic mass is 10.1. The van der Waals surface area contributed by atoms with Crippen molar-refractivity contribution in [3.63, 3.8) is 0 Å². The summed E-state index contributed by atoms with van der Waals surface area (Å²) in [5.74, 6) is 0. The minimum Gasteiger partial charge on any atom is -0.388 e.